The molecule has 1 atom stereocenters. The molecule has 0 aliphatic carbocycles. The third-order valence-corrected chi connectivity index (χ3v) is 3.52. The van der Waals surface area contributed by atoms with Gasteiger partial charge in [0.2, 0.25) is 0 Å². The van der Waals surface area contributed by atoms with Crippen LogP contribution in [0.2, 0.25) is 5.02 Å². The summed E-state index contributed by atoms with van der Waals surface area (Å²) >= 11 is 6.15. The zero-order valence-corrected chi connectivity index (χ0v) is 11.2. The second kappa shape index (κ2) is 4.64. The highest BCUT2D eigenvalue weighted by molar-refractivity contribution is 6.31. The summed E-state index contributed by atoms with van der Waals surface area (Å²) in [5, 5.41) is 6.83. The van der Waals surface area contributed by atoms with Crippen LogP contribution in [0.15, 0.2) is 42.7 Å². The van der Waals surface area contributed by atoms with Crippen molar-refractivity contribution in [1.29, 1.82) is 0 Å². The summed E-state index contributed by atoms with van der Waals surface area (Å²) in [7, 11) is 1.83. The quantitative estimate of drug-likeness (QED) is 0.780. The van der Waals surface area contributed by atoms with E-state index in [1.165, 1.54) is 0 Å². The van der Waals surface area contributed by atoms with E-state index in [9.17, 15) is 0 Å². The van der Waals surface area contributed by atoms with Gasteiger partial charge in [0.1, 0.15) is 0 Å². The average Bonchev–Trinajstić information content (AvgIpc) is 2.77. The fourth-order valence-corrected chi connectivity index (χ4v) is 2.57. The molecular formula is C14H13ClN4. The molecule has 0 saturated carbocycles. The minimum absolute atomic E-state index is 0.397. The first kappa shape index (κ1) is 12.1. The summed E-state index contributed by atoms with van der Waals surface area (Å²) < 4.78 is 1.69. The molecule has 0 saturated heterocycles. The van der Waals surface area contributed by atoms with Crippen molar-refractivity contribution in [3.05, 3.63) is 59.1 Å². The maximum atomic E-state index is 6.32. The maximum Gasteiger partial charge on any atom is 0.0918 e. The van der Waals surface area contributed by atoms with Crippen LogP contribution in [0.5, 0.6) is 0 Å². The van der Waals surface area contributed by atoms with E-state index in [0.717, 1.165) is 22.2 Å². The van der Waals surface area contributed by atoms with E-state index in [4.69, 9.17) is 17.3 Å². The summed E-state index contributed by atoms with van der Waals surface area (Å²) in [6.07, 6.45) is 3.36. The van der Waals surface area contributed by atoms with Gasteiger partial charge in [-0.15, -0.1) is 0 Å². The maximum absolute atomic E-state index is 6.32. The Balaban J connectivity index is 2.20. The predicted molar refractivity (Wildman–Crippen MR) is 76.0 cm³/mol. The fraction of sp³-hybridized carbons (Fsp3) is 0.143. The van der Waals surface area contributed by atoms with E-state index < -0.39 is 6.04 Å². The molecule has 0 spiro atoms. The van der Waals surface area contributed by atoms with E-state index in [2.05, 4.69) is 10.1 Å². The van der Waals surface area contributed by atoms with Crippen LogP contribution in [0.4, 0.5) is 0 Å². The Hall–Kier alpha value is -1.91. The van der Waals surface area contributed by atoms with Crippen LogP contribution in [0.25, 0.3) is 10.8 Å². The number of aryl methyl sites for hydroxylation is 1. The first-order valence-corrected chi connectivity index (χ1v) is 6.33. The molecule has 2 heterocycles. The lowest BCUT2D eigenvalue weighted by Gasteiger charge is -2.14. The van der Waals surface area contributed by atoms with Crippen LogP contribution < -0.4 is 5.73 Å². The second-order valence-corrected chi connectivity index (χ2v) is 4.80. The van der Waals surface area contributed by atoms with Gasteiger partial charge in [0.05, 0.1) is 28.6 Å². The Bertz CT molecular complexity index is 710. The van der Waals surface area contributed by atoms with E-state index in [1.807, 2.05) is 37.4 Å². The second-order valence-electron chi connectivity index (χ2n) is 4.40. The third kappa shape index (κ3) is 1.99. The highest BCUT2D eigenvalue weighted by Gasteiger charge is 2.20. The number of benzene rings is 1. The van der Waals surface area contributed by atoms with Gasteiger partial charge >= 0.3 is 0 Å². The van der Waals surface area contributed by atoms with Gasteiger partial charge in [-0.3, -0.25) is 9.67 Å². The SMILES string of the molecule is Cn1ncc(Cl)c1C(N)c1nccc2ccccc12. The molecule has 3 rings (SSSR count). The van der Waals surface area contributed by atoms with Crippen LogP contribution in [-0.4, -0.2) is 14.8 Å². The van der Waals surface area contributed by atoms with Crippen molar-refractivity contribution in [2.24, 2.45) is 12.8 Å². The first-order chi connectivity index (χ1) is 9.18. The molecule has 4 nitrogen and oxygen atoms in total. The number of hydrogen-bond acceptors (Lipinski definition) is 3. The molecule has 0 aliphatic rings. The van der Waals surface area contributed by atoms with Crippen molar-refractivity contribution in [3.63, 3.8) is 0 Å². The van der Waals surface area contributed by atoms with Crippen LogP contribution in [0.1, 0.15) is 17.4 Å². The van der Waals surface area contributed by atoms with Gasteiger partial charge in [-0.1, -0.05) is 35.9 Å². The number of pyridine rings is 1. The average molecular weight is 273 g/mol. The molecule has 19 heavy (non-hydrogen) atoms. The van der Waals surface area contributed by atoms with E-state index in [-0.39, 0.29) is 0 Å². The van der Waals surface area contributed by atoms with Crippen LogP contribution in [0.3, 0.4) is 0 Å². The molecule has 0 bridgehead atoms. The molecule has 1 unspecified atom stereocenters. The Labute approximate surface area is 115 Å². The number of halogens is 1. The molecular weight excluding hydrogens is 260 g/mol. The van der Waals surface area contributed by atoms with Gasteiger partial charge in [-0.2, -0.15) is 5.10 Å². The van der Waals surface area contributed by atoms with E-state index >= 15 is 0 Å². The lowest BCUT2D eigenvalue weighted by Crippen LogP contribution is -2.18. The Morgan fingerprint density at radius 1 is 1.26 bits per heavy atom. The van der Waals surface area contributed by atoms with Gasteiger partial charge in [0, 0.05) is 18.6 Å². The summed E-state index contributed by atoms with van der Waals surface area (Å²) in [5.41, 5.74) is 7.90. The highest BCUT2D eigenvalue weighted by Crippen LogP contribution is 2.28. The largest absolute Gasteiger partial charge is 0.318 e. The third-order valence-electron chi connectivity index (χ3n) is 3.23. The number of nitrogens with zero attached hydrogens (tertiary/aromatic N) is 3. The normalized spacial score (nSPS) is 12.8. The van der Waals surface area contributed by atoms with Gasteiger partial charge in [0.15, 0.2) is 0 Å². The van der Waals surface area contributed by atoms with Crippen molar-refractivity contribution in [3.8, 4) is 0 Å². The summed E-state index contributed by atoms with van der Waals surface area (Å²) in [5.74, 6) is 0. The number of hydrogen-bond donors (Lipinski definition) is 1. The van der Waals surface area contributed by atoms with Gasteiger partial charge in [0.25, 0.3) is 0 Å². The number of aromatic nitrogens is 3. The minimum Gasteiger partial charge on any atom is -0.318 e. The molecule has 1 aromatic carbocycles. The van der Waals surface area contributed by atoms with E-state index in [1.54, 1.807) is 17.1 Å². The summed E-state index contributed by atoms with van der Waals surface area (Å²) in [4.78, 5) is 4.42. The molecule has 3 aromatic rings. The molecule has 96 valence electrons. The topological polar surface area (TPSA) is 56.7 Å². The molecule has 2 aromatic heterocycles. The molecule has 0 aliphatic heterocycles. The van der Waals surface area contributed by atoms with Crippen molar-refractivity contribution < 1.29 is 0 Å². The van der Waals surface area contributed by atoms with Crippen LogP contribution >= 0.6 is 11.6 Å². The first-order valence-electron chi connectivity index (χ1n) is 5.95. The zero-order chi connectivity index (χ0) is 13.4. The van der Waals surface area contributed by atoms with Crippen molar-refractivity contribution in [2.45, 2.75) is 6.04 Å². The summed E-state index contributed by atoms with van der Waals surface area (Å²) in [6.45, 7) is 0. The Morgan fingerprint density at radius 3 is 2.79 bits per heavy atom. The van der Waals surface area contributed by atoms with Crippen molar-refractivity contribution in [1.82, 2.24) is 14.8 Å². The van der Waals surface area contributed by atoms with Gasteiger partial charge < -0.3 is 5.73 Å². The van der Waals surface area contributed by atoms with Gasteiger partial charge in [-0.25, -0.2) is 0 Å². The summed E-state index contributed by atoms with van der Waals surface area (Å²) in [6, 6.07) is 9.60. The molecule has 0 fully saturated rings. The predicted octanol–water partition coefficient (Wildman–Crippen LogP) is 2.67. The number of fused-ring (bicyclic) bond motifs is 1. The lowest BCUT2D eigenvalue weighted by molar-refractivity contribution is 0.667. The van der Waals surface area contributed by atoms with Crippen LogP contribution in [0, 0.1) is 0 Å². The standard InChI is InChI=1S/C14H13ClN4/c1-19-14(11(15)8-18-19)12(16)13-10-5-3-2-4-9(10)6-7-17-13/h2-8,12H,16H2,1H3. The molecule has 5 heteroatoms. The molecule has 0 radical (unpaired) electrons. The van der Waals surface area contributed by atoms with Crippen molar-refractivity contribution >= 4 is 22.4 Å². The molecule has 2 N–H and O–H groups in total. The lowest BCUT2D eigenvalue weighted by atomic mass is 10.0. The Morgan fingerprint density at radius 2 is 2.05 bits per heavy atom. The number of nitrogens with two attached hydrogens (primary N) is 1. The Kier molecular flexibility index (Phi) is 2.97. The monoisotopic (exact) mass is 272 g/mol. The minimum atomic E-state index is -0.397. The van der Waals surface area contributed by atoms with Crippen LogP contribution in [-0.2, 0) is 7.05 Å². The molecule has 0 amide bonds. The fourth-order valence-electron chi connectivity index (χ4n) is 2.29. The van der Waals surface area contributed by atoms with E-state index in [0.29, 0.717) is 5.02 Å². The zero-order valence-electron chi connectivity index (χ0n) is 10.4. The smallest absolute Gasteiger partial charge is 0.0918 e. The number of rotatable bonds is 2. The highest BCUT2D eigenvalue weighted by atomic mass is 35.5. The van der Waals surface area contributed by atoms with Crippen molar-refractivity contribution in [2.75, 3.05) is 0 Å². The van der Waals surface area contributed by atoms with Gasteiger partial charge in [-0.05, 0) is 11.5 Å².